The molecule has 0 saturated heterocycles. The van der Waals surface area contributed by atoms with Crippen molar-refractivity contribution in [3.63, 3.8) is 0 Å². The van der Waals surface area contributed by atoms with E-state index in [1.807, 2.05) is 0 Å². The Labute approximate surface area is 75.9 Å². The van der Waals surface area contributed by atoms with Crippen molar-refractivity contribution in [2.24, 2.45) is 17.1 Å². The molecular weight excluding hydrogens is 148 g/mol. The molecule has 1 saturated carbocycles. The Bertz CT molecular complexity index is 128. The predicted octanol–water partition coefficient (Wildman–Crippen LogP) is 1.36. The second-order valence-electron chi connectivity index (χ2n) is 4.34. The molecule has 0 aromatic heterocycles. The highest BCUT2D eigenvalue weighted by molar-refractivity contribution is 4.96. The minimum Gasteiger partial charge on any atom is -0.330 e. The molecule has 1 rings (SSSR count). The fraction of sp³-hybridized carbons (Fsp3) is 1.00. The number of nitrogens with two attached hydrogens (primary N) is 1. The van der Waals surface area contributed by atoms with Crippen LogP contribution < -0.4 is 11.1 Å². The average molecular weight is 170 g/mol. The van der Waals surface area contributed by atoms with Gasteiger partial charge in [0, 0.05) is 6.54 Å². The van der Waals surface area contributed by atoms with Crippen molar-refractivity contribution in [1.29, 1.82) is 0 Å². The zero-order valence-electron chi connectivity index (χ0n) is 8.40. The molecule has 0 atom stereocenters. The molecule has 1 aliphatic rings. The largest absolute Gasteiger partial charge is 0.330 e. The van der Waals surface area contributed by atoms with Gasteiger partial charge in [0.15, 0.2) is 0 Å². The van der Waals surface area contributed by atoms with E-state index in [4.69, 9.17) is 5.73 Å². The second-order valence-corrected chi connectivity index (χ2v) is 4.34. The first-order chi connectivity index (χ1) is 5.71. The van der Waals surface area contributed by atoms with Crippen molar-refractivity contribution in [1.82, 2.24) is 5.32 Å². The first kappa shape index (κ1) is 10.0. The molecule has 0 aromatic rings. The van der Waals surface area contributed by atoms with E-state index in [0.717, 1.165) is 25.4 Å². The standard InChI is InChI=1S/C10H22N2/c1-9(2)10(4-5-10)8-12-7-3-6-11/h9,12H,3-8,11H2,1-2H3. The summed E-state index contributed by atoms with van der Waals surface area (Å²) in [6, 6.07) is 0. The summed E-state index contributed by atoms with van der Waals surface area (Å²) in [6.07, 6.45) is 3.94. The van der Waals surface area contributed by atoms with E-state index in [9.17, 15) is 0 Å². The Kier molecular flexibility index (Phi) is 3.53. The van der Waals surface area contributed by atoms with Crippen LogP contribution in [0.25, 0.3) is 0 Å². The normalized spacial score (nSPS) is 20.0. The Morgan fingerprint density at radius 3 is 2.50 bits per heavy atom. The molecule has 2 nitrogen and oxygen atoms in total. The molecule has 1 fully saturated rings. The Balaban J connectivity index is 2.06. The lowest BCUT2D eigenvalue weighted by atomic mass is 9.92. The van der Waals surface area contributed by atoms with Gasteiger partial charge in [0.2, 0.25) is 0 Å². The van der Waals surface area contributed by atoms with Crippen molar-refractivity contribution in [3.8, 4) is 0 Å². The van der Waals surface area contributed by atoms with Gasteiger partial charge in [0.05, 0.1) is 0 Å². The third kappa shape index (κ3) is 2.46. The summed E-state index contributed by atoms with van der Waals surface area (Å²) < 4.78 is 0. The minimum absolute atomic E-state index is 0.647. The lowest BCUT2D eigenvalue weighted by Crippen LogP contribution is -2.29. The maximum atomic E-state index is 5.41. The van der Waals surface area contributed by atoms with Gasteiger partial charge in [-0.2, -0.15) is 0 Å². The molecule has 1 aliphatic carbocycles. The molecule has 0 radical (unpaired) electrons. The SMILES string of the molecule is CC(C)C1(CNCCCN)CC1. The van der Waals surface area contributed by atoms with Crippen LogP contribution in [-0.2, 0) is 0 Å². The van der Waals surface area contributed by atoms with E-state index in [0.29, 0.717) is 5.41 Å². The van der Waals surface area contributed by atoms with Crippen molar-refractivity contribution in [2.45, 2.75) is 33.1 Å². The zero-order chi connectivity index (χ0) is 9.03. The van der Waals surface area contributed by atoms with Gasteiger partial charge in [0.1, 0.15) is 0 Å². The van der Waals surface area contributed by atoms with Crippen molar-refractivity contribution in [3.05, 3.63) is 0 Å². The fourth-order valence-corrected chi connectivity index (χ4v) is 1.68. The monoisotopic (exact) mass is 170 g/mol. The van der Waals surface area contributed by atoms with E-state index < -0.39 is 0 Å². The molecule has 0 aliphatic heterocycles. The number of hydrogen-bond acceptors (Lipinski definition) is 2. The molecule has 0 aromatic carbocycles. The Morgan fingerprint density at radius 2 is 2.08 bits per heavy atom. The van der Waals surface area contributed by atoms with Crippen LogP contribution in [0.5, 0.6) is 0 Å². The molecule has 2 heteroatoms. The van der Waals surface area contributed by atoms with E-state index in [-0.39, 0.29) is 0 Å². The maximum absolute atomic E-state index is 5.41. The maximum Gasteiger partial charge on any atom is 0.00103 e. The summed E-state index contributed by atoms with van der Waals surface area (Å²) in [5.74, 6) is 0.836. The van der Waals surface area contributed by atoms with E-state index in [1.54, 1.807) is 0 Å². The van der Waals surface area contributed by atoms with Crippen LogP contribution in [0.1, 0.15) is 33.1 Å². The van der Waals surface area contributed by atoms with Crippen LogP contribution in [0.15, 0.2) is 0 Å². The summed E-state index contributed by atoms with van der Waals surface area (Å²) in [4.78, 5) is 0. The first-order valence-corrected chi connectivity index (χ1v) is 5.12. The first-order valence-electron chi connectivity index (χ1n) is 5.12. The van der Waals surface area contributed by atoms with Gasteiger partial charge < -0.3 is 11.1 Å². The average Bonchev–Trinajstić information content (AvgIpc) is 2.79. The molecule has 0 bridgehead atoms. The molecule has 0 heterocycles. The molecule has 0 amide bonds. The zero-order valence-corrected chi connectivity index (χ0v) is 8.40. The van der Waals surface area contributed by atoms with Crippen molar-refractivity contribution < 1.29 is 0 Å². The Morgan fingerprint density at radius 1 is 1.42 bits per heavy atom. The summed E-state index contributed by atoms with van der Waals surface area (Å²) in [5.41, 5.74) is 6.06. The lowest BCUT2D eigenvalue weighted by molar-refractivity contribution is 0.338. The highest BCUT2D eigenvalue weighted by Crippen LogP contribution is 2.51. The third-order valence-electron chi connectivity index (χ3n) is 3.15. The summed E-state index contributed by atoms with van der Waals surface area (Å²) in [5, 5.41) is 3.49. The van der Waals surface area contributed by atoms with Crippen LogP contribution in [0, 0.1) is 11.3 Å². The van der Waals surface area contributed by atoms with Gasteiger partial charge in [-0.05, 0) is 43.7 Å². The van der Waals surface area contributed by atoms with E-state index in [1.165, 1.54) is 19.4 Å². The van der Waals surface area contributed by atoms with Crippen LogP contribution in [-0.4, -0.2) is 19.6 Å². The third-order valence-corrected chi connectivity index (χ3v) is 3.15. The quantitative estimate of drug-likeness (QED) is 0.591. The molecule has 72 valence electrons. The van der Waals surface area contributed by atoms with Crippen LogP contribution >= 0.6 is 0 Å². The van der Waals surface area contributed by atoms with Gasteiger partial charge in [-0.3, -0.25) is 0 Å². The highest BCUT2D eigenvalue weighted by Gasteiger charge is 2.44. The van der Waals surface area contributed by atoms with Gasteiger partial charge in [-0.1, -0.05) is 13.8 Å². The smallest absolute Gasteiger partial charge is 0.00103 e. The summed E-state index contributed by atoms with van der Waals surface area (Å²) in [7, 11) is 0. The van der Waals surface area contributed by atoms with Crippen LogP contribution in [0.2, 0.25) is 0 Å². The summed E-state index contributed by atoms with van der Waals surface area (Å²) in [6.45, 7) is 7.76. The van der Waals surface area contributed by atoms with Gasteiger partial charge in [0.25, 0.3) is 0 Å². The highest BCUT2D eigenvalue weighted by atomic mass is 14.9. The molecule has 12 heavy (non-hydrogen) atoms. The van der Waals surface area contributed by atoms with Gasteiger partial charge in [-0.25, -0.2) is 0 Å². The minimum atomic E-state index is 0.647. The van der Waals surface area contributed by atoms with Crippen molar-refractivity contribution >= 4 is 0 Å². The molecular formula is C10H22N2. The number of nitrogens with one attached hydrogen (secondary N) is 1. The van der Waals surface area contributed by atoms with E-state index in [2.05, 4.69) is 19.2 Å². The second kappa shape index (κ2) is 4.24. The van der Waals surface area contributed by atoms with Crippen LogP contribution in [0.3, 0.4) is 0 Å². The van der Waals surface area contributed by atoms with Gasteiger partial charge in [-0.15, -0.1) is 0 Å². The van der Waals surface area contributed by atoms with Crippen LogP contribution in [0.4, 0.5) is 0 Å². The molecule has 0 spiro atoms. The molecule has 3 N–H and O–H groups in total. The van der Waals surface area contributed by atoms with Crippen molar-refractivity contribution in [2.75, 3.05) is 19.6 Å². The Hall–Kier alpha value is -0.0800. The van der Waals surface area contributed by atoms with E-state index >= 15 is 0 Å². The topological polar surface area (TPSA) is 38.0 Å². The fourth-order valence-electron chi connectivity index (χ4n) is 1.68. The lowest BCUT2D eigenvalue weighted by Gasteiger charge is -2.19. The predicted molar refractivity (Wildman–Crippen MR) is 53.0 cm³/mol. The van der Waals surface area contributed by atoms with Gasteiger partial charge >= 0.3 is 0 Å². The molecule has 0 unspecified atom stereocenters. The number of hydrogen-bond donors (Lipinski definition) is 2. The number of rotatable bonds is 6. The summed E-state index contributed by atoms with van der Waals surface area (Å²) >= 11 is 0.